The highest BCUT2D eigenvalue weighted by Gasteiger charge is 2.00. The second-order valence-corrected chi connectivity index (χ2v) is 5.50. The lowest BCUT2D eigenvalue weighted by Crippen LogP contribution is -2.39. The lowest BCUT2D eigenvalue weighted by Gasteiger charge is -2.02. The van der Waals surface area contributed by atoms with Gasteiger partial charge in [0, 0.05) is 22.2 Å². The van der Waals surface area contributed by atoms with E-state index in [9.17, 15) is 9.59 Å². The SMILES string of the molecule is O=C(/C=C/c1ccccc1Cl)NNC(=O)/C=C/c1ccccc1Cl. The molecule has 122 valence electrons. The molecule has 2 aromatic carbocycles. The monoisotopic (exact) mass is 360 g/mol. The third kappa shape index (κ3) is 5.57. The van der Waals surface area contributed by atoms with Crippen molar-refractivity contribution in [3.05, 3.63) is 81.9 Å². The average Bonchev–Trinajstić information content (AvgIpc) is 2.58. The Labute approximate surface area is 149 Å². The number of benzene rings is 2. The molecule has 0 bridgehead atoms. The van der Waals surface area contributed by atoms with Crippen molar-refractivity contribution in [2.75, 3.05) is 0 Å². The Hall–Kier alpha value is -2.56. The number of carbonyl (C=O) groups excluding carboxylic acids is 2. The fraction of sp³-hybridized carbons (Fsp3) is 0. The molecule has 0 saturated carbocycles. The molecule has 0 aliphatic rings. The highest BCUT2D eigenvalue weighted by atomic mass is 35.5. The molecule has 0 aliphatic heterocycles. The van der Waals surface area contributed by atoms with Gasteiger partial charge < -0.3 is 0 Å². The summed E-state index contributed by atoms with van der Waals surface area (Å²) in [6.07, 6.45) is 5.67. The van der Waals surface area contributed by atoms with Crippen molar-refractivity contribution in [1.29, 1.82) is 0 Å². The van der Waals surface area contributed by atoms with E-state index in [1.165, 1.54) is 12.2 Å². The maximum absolute atomic E-state index is 11.7. The lowest BCUT2D eigenvalue weighted by molar-refractivity contribution is -0.123. The molecule has 4 nitrogen and oxygen atoms in total. The summed E-state index contributed by atoms with van der Waals surface area (Å²) in [5, 5.41) is 1.07. The number of amides is 2. The number of halogens is 2. The van der Waals surface area contributed by atoms with Crippen molar-refractivity contribution in [2.24, 2.45) is 0 Å². The van der Waals surface area contributed by atoms with E-state index < -0.39 is 11.8 Å². The van der Waals surface area contributed by atoms with Gasteiger partial charge in [-0.05, 0) is 35.4 Å². The fourth-order valence-electron chi connectivity index (χ4n) is 1.76. The maximum Gasteiger partial charge on any atom is 0.262 e. The second kappa shape index (κ2) is 8.91. The number of hydrogen-bond acceptors (Lipinski definition) is 2. The van der Waals surface area contributed by atoms with Crippen LogP contribution < -0.4 is 10.9 Å². The summed E-state index contributed by atoms with van der Waals surface area (Å²) in [4.78, 5) is 23.3. The van der Waals surface area contributed by atoms with Gasteiger partial charge in [-0.3, -0.25) is 20.4 Å². The van der Waals surface area contributed by atoms with Gasteiger partial charge in [-0.2, -0.15) is 0 Å². The molecular weight excluding hydrogens is 347 g/mol. The zero-order chi connectivity index (χ0) is 17.4. The van der Waals surface area contributed by atoms with Crippen molar-refractivity contribution in [3.63, 3.8) is 0 Å². The normalized spacial score (nSPS) is 10.9. The topological polar surface area (TPSA) is 58.2 Å². The first-order chi connectivity index (χ1) is 11.6. The van der Waals surface area contributed by atoms with Gasteiger partial charge in [-0.15, -0.1) is 0 Å². The molecule has 0 saturated heterocycles. The molecule has 2 amide bonds. The minimum atomic E-state index is -0.477. The Morgan fingerprint density at radius 2 is 1.08 bits per heavy atom. The van der Waals surface area contributed by atoms with Crippen LogP contribution in [0.15, 0.2) is 60.7 Å². The van der Waals surface area contributed by atoms with E-state index in [4.69, 9.17) is 23.2 Å². The van der Waals surface area contributed by atoms with E-state index in [1.807, 2.05) is 12.1 Å². The molecule has 6 heteroatoms. The van der Waals surface area contributed by atoms with Crippen LogP contribution in [0.25, 0.3) is 12.2 Å². The van der Waals surface area contributed by atoms with Crippen LogP contribution in [-0.4, -0.2) is 11.8 Å². The van der Waals surface area contributed by atoms with Gasteiger partial charge in [0.05, 0.1) is 0 Å². The predicted octanol–water partition coefficient (Wildman–Crippen LogP) is 3.87. The molecular formula is C18H14Cl2N2O2. The second-order valence-electron chi connectivity index (χ2n) is 4.69. The van der Waals surface area contributed by atoms with Crippen LogP contribution in [0.4, 0.5) is 0 Å². The Kier molecular flexibility index (Phi) is 6.61. The molecule has 2 aromatic rings. The zero-order valence-corrected chi connectivity index (χ0v) is 14.0. The molecule has 0 fully saturated rings. The van der Waals surface area contributed by atoms with Crippen LogP contribution in [0.2, 0.25) is 10.0 Å². The van der Waals surface area contributed by atoms with Crippen molar-refractivity contribution in [2.45, 2.75) is 0 Å². The van der Waals surface area contributed by atoms with Crippen molar-refractivity contribution in [1.82, 2.24) is 10.9 Å². The minimum absolute atomic E-state index is 0.477. The van der Waals surface area contributed by atoms with Gasteiger partial charge in [0.15, 0.2) is 0 Å². The number of rotatable bonds is 4. The van der Waals surface area contributed by atoms with E-state index in [0.717, 1.165) is 0 Å². The summed E-state index contributed by atoms with van der Waals surface area (Å²) in [6, 6.07) is 14.2. The molecule has 0 atom stereocenters. The standard InChI is InChI=1S/C18H14Cl2N2O2/c19-15-7-3-1-5-13(15)9-11-17(23)21-22-18(24)12-10-14-6-2-4-8-16(14)20/h1-12H,(H,21,23)(H,22,24)/b11-9+,12-10+. The van der Waals surface area contributed by atoms with E-state index in [0.29, 0.717) is 21.2 Å². The summed E-state index contributed by atoms with van der Waals surface area (Å²) in [6.45, 7) is 0. The first kappa shape index (κ1) is 17.8. The Balaban J connectivity index is 1.84. The first-order valence-corrected chi connectivity index (χ1v) is 7.77. The zero-order valence-electron chi connectivity index (χ0n) is 12.5. The van der Waals surface area contributed by atoms with Crippen LogP contribution in [-0.2, 0) is 9.59 Å². The molecule has 0 aromatic heterocycles. The number of hydrogen-bond donors (Lipinski definition) is 2. The van der Waals surface area contributed by atoms with Crippen LogP contribution >= 0.6 is 23.2 Å². The third-order valence-electron chi connectivity index (χ3n) is 2.95. The lowest BCUT2D eigenvalue weighted by atomic mass is 10.2. The highest BCUT2D eigenvalue weighted by molar-refractivity contribution is 6.32. The van der Waals surface area contributed by atoms with Crippen LogP contribution in [0.5, 0.6) is 0 Å². The predicted molar refractivity (Wildman–Crippen MR) is 97.3 cm³/mol. The Morgan fingerprint density at radius 3 is 1.46 bits per heavy atom. The summed E-state index contributed by atoms with van der Waals surface area (Å²) >= 11 is 11.9. The summed E-state index contributed by atoms with van der Waals surface area (Å²) in [7, 11) is 0. The van der Waals surface area contributed by atoms with E-state index in [-0.39, 0.29) is 0 Å². The number of hydrazine groups is 1. The first-order valence-electron chi connectivity index (χ1n) is 7.01. The van der Waals surface area contributed by atoms with Crippen molar-refractivity contribution in [3.8, 4) is 0 Å². The van der Waals surface area contributed by atoms with Crippen LogP contribution in [0.1, 0.15) is 11.1 Å². The van der Waals surface area contributed by atoms with E-state index >= 15 is 0 Å². The number of nitrogens with one attached hydrogen (secondary N) is 2. The van der Waals surface area contributed by atoms with Crippen molar-refractivity contribution < 1.29 is 9.59 Å². The van der Waals surface area contributed by atoms with E-state index in [2.05, 4.69) is 10.9 Å². The van der Waals surface area contributed by atoms with Gasteiger partial charge in [0.2, 0.25) is 0 Å². The smallest absolute Gasteiger partial charge is 0.262 e. The fourth-order valence-corrected chi connectivity index (χ4v) is 2.16. The molecule has 24 heavy (non-hydrogen) atoms. The van der Waals surface area contributed by atoms with Crippen molar-refractivity contribution >= 4 is 47.2 Å². The highest BCUT2D eigenvalue weighted by Crippen LogP contribution is 2.16. The summed E-state index contributed by atoms with van der Waals surface area (Å²) < 4.78 is 0. The Bertz CT molecular complexity index is 734. The summed E-state index contributed by atoms with van der Waals surface area (Å²) in [5.74, 6) is -0.955. The van der Waals surface area contributed by atoms with E-state index in [1.54, 1.807) is 48.6 Å². The molecule has 0 unspecified atom stereocenters. The van der Waals surface area contributed by atoms with Gasteiger partial charge in [-0.1, -0.05) is 59.6 Å². The maximum atomic E-state index is 11.7. The molecule has 0 radical (unpaired) electrons. The quantitative estimate of drug-likeness (QED) is 0.642. The van der Waals surface area contributed by atoms with Gasteiger partial charge in [0.1, 0.15) is 0 Å². The van der Waals surface area contributed by atoms with Gasteiger partial charge in [0.25, 0.3) is 11.8 Å². The summed E-state index contributed by atoms with van der Waals surface area (Å²) in [5.41, 5.74) is 5.96. The molecule has 0 aliphatic carbocycles. The van der Waals surface area contributed by atoms with Gasteiger partial charge >= 0.3 is 0 Å². The minimum Gasteiger partial charge on any atom is -0.268 e. The molecule has 2 rings (SSSR count). The van der Waals surface area contributed by atoms with Crippen LogP contribution in [0, 0.1) is 0 Å². The number of carbonyl (C=O) groups is 2. The van der Waals surface area contributed by atoms with Crippen LogP contribution in [0.3, 0.4) is 0 Å². The Morgan fingerprint density at radius 1 is 0.708 bits per heavy atom. The molecule has 2 N–H and O–H groups in total. The molecule has 0 spiro atoms. The average molecular weight is 361 g/mol. The largest absolute Gasteiger partial charge is 0.268 e. The third-order valence-corrected chi connectivity index (χ3v) is 3.64. The van der Waals surface area contributed by atoms with Gasteiger partial charge in [-0.25, -0.2) is 0 Å². The molecule has 0 heterocycles.